The maximum absolute atomic E-state index is 12.3. The summed E-state index contributed by atoms with van der Waals surface area (Å²) in [5, 5.41) is 7.01. The van der Waals surface area contributed by atoms with E-state index >= 15 is 0 Å². The highest BCUT2D eigenvalue weighted by molar-refractivity contribution is 5.85. The number of amides is 2. The third kappa shape index (κ3) is 5.28. The van der Waals surface area contributed by atoms with Gasteiger partial charge in [0.2, 0.25) is 11.8 Å². The van der Waals surface area contributed by atoms with Gasteiger partial charge in [-0.15, -0.1) is 0 Å². The lowest BCUT2D eigenvalue weighted by Crippen LogP contribution is -2.38. The van der Waals surface area contributed by atoms with Crippen molar-refractivity contribution in [2.75, 3.05) is 13.6 Å². The van der Waals surface area contributed by atoms with Crippen LogP contribution < -0.4 is 5.32 Å². The molecule has 0 unspecified atom stereocenters. The third-order valence-corrected chi connectivity index (χ3v) is 4.15. The molecule has 0 saturated heterocycles. The number of nitrogens with one attached hydrogen (secondary N) is 1. The van der Waals surface area contributed by atoms with Gasteiger partial charge in [-0.2, -0.15) is 5.10 Å². The van der Waals surface area contributed by atoms with Gasteiger partial charge in [0.25, 0.3) is 0 Å². The molecule has 0 atom stereocenters. The summed E-state index contributed by atoms with van der Waals surface area (Å²) in [5.74, 6) is -0.316. The van der Waals surface area contributed by atoms with Gasteiger partial charge in [-0.1, -0.05) is 48.5 Å². The van der Waals surface area contributed by atoms with Crippen LogP contribution in [0.2, 0.25) is 0 Å². The predicted octanol–water partition coefficient (Wildman–Crippen LogP) is 2.19. The van der Waals surface area contributed by atoms with Crippen LogP contribution in [-0.4, -0.2) is 40.1 Å². The average molecular weight is 362 g/mol. The molecular weight excluding hydrogens is 340 g/mol. The second-order valence-electron chi connectivity index (χ2n) is 6.32. The van der Waals surface area contributed by atoms with Crippen molar-refractivity contribution < 1.29 is 9.59 Å². The summed E-state index contributed by atoms with van der Waals surface area (Å²) in [6.45, 7) is 0.412. The van der Waals surface area contributed by atoms with Crippen molar-refractivity contribution in [3.8, 4) is 5.69 Å². The fraction of sp³-hybridized carbons (Fsp3) is 0.190. The van der Waals surface area contributed by atoms with Crippen LogP contribution in [0.1, 0.15) is 11.1 Å². The first kappa shape index (κ1) is 18.4. The summed E-state index contributed by atoms with van der Waals surface area (Å²) in [7, 11) is 1.71. The smallest absolute Gasteiger partial charge is 0.242 e. The van der Waals surface area contributed by atoms with E-state index in [0.29, 0.717) is 6.54 Å². The average Bonchev–Trinajstić information content (AvgIpc) is 3.16. The van der Waals surface area contributed by atoms with Gasteiger partial charge in [0.15, 0.2) is 0 Å². The molecule has 6 heteroatoms. The van der Waals surface area contributed by atoms with E-state index in [9.17, 15) is 9.59 Å². The second-order valence-corrected chi connectivity index (χ2v) is 6.32. The van der Waals surface area contributed by atoms with E-state index in [2.05, 4.69) is 10.4 Å². The van der Waals surface area contributed by atoms with Gasteiger partial charge in [-0.25, -0.2) is 4.68 Å². The molecule has 0 saturated carbocycles. The Balaban J connectivity index is 1.48. The number of likely N-dealkylation sites (N-methyl/N-ethyl adjacent to an activating group) is 1. The summed E-state index contributed by atoms with van der Waals surface area (Å²) in [4.78, 5) is 25.8. The van der Waals surface area contributed by atoms with Crippen LogP contribution in [0.4, 0.5) is 0 Å². The van der Waals surface area contributed by atoms with E-state index in [-0.39, 0.29) is 24.8 Å². The topological polar surface area (TPSA) is 67.2 Å². The molecule has 138 valence electrons. The third-order valence-electron chi connectivity index (χ3n) is 4.15. The zero-order chi connectivity index (χ0) is 19.1. The Hall–Kier alpha value is -3.41. The number of benzene rings is 2. The van der Waals surface area contributed by atoms with Crippen LogP contribution in [0.3, 0.4) is 0 Å². The Morgan fingerprint density at radius 1 is 1.00 bits per heavy atom. The highest BCUT2D eigenvalue weighted by Crippen LogP contribution is 2.09. The van der Waals surface area contributed by atoms with E-state index in [1.54, 1.807) is 22.8 Å². The Labute approximate surface area is 158 Å². The number of nitrogens with zero attached hydrogens (tertiary/aromatic N) is 3. The van der Waals surface area contributed by atoms with Gasteiger partial charge in [0.05, 0.1) is 24.8 Å². The second kappa shape index (κ2) is 8.80. The SMILES string of the molecule is CN(Cc1cnn(-c2ccccc2)c1)C(=O)CNC(=O)Cc1ccccc1. The Kier molecular flexibility index (Phi) is 5.99. The zero-order valence-corrected chi connectivity index (χ0v) is 15.2. The van der Waals surface area contributed by atoms with Gasteiger partial charge in [-0.3, -0.25) is 9.59 Å². The van der Waals surface area contributed by atoms with E-state index in [1.165, 1.54) is 0 Å². The van der Waals surface area contributed by atoms with Crippen LogP contribution in [0, 0.1) is 0 Å². The van der Waals surface area contributed by atoms with Gasteiger partial charge in [0, 0.05) is 25.4 Å². The number of aromatic nitrogens is 2. The normalized spacial score (nSPS) is 10.4. The lowest BCUT2D eigenvalue weighted by Gasteiger charge is -2.16. The molecule has 0 aliphatic rings. The maximum Gasteiger partial charge on any atom is 0.242 e. The molecule has 0 aliphatic carbocycles. The number of carbonyl (C=O) groups excluding carboxylic acids is 2. The molecule has 0 fully saturated rings. The van der Waals surface area contributed by atoms with Crippen LogP contribution in [-0.2, 0) is 22.6 Å². The molecule has 1 heterocycles. The minimum atomic E-state index is -0.167. The summed E-state index contributed by atoms with van der Waals surface area (Å²) in [6, 6.07) is 19.2. The first-order valence-corrected chi connectivity index (χ1v) is 8.75. The molecule has 1 N–H and O–H groups in total. The predicted molar refractivity (Wildman–Crippen MR) is 103 cm³/mol. The highest BCUT2D eigenvalue weighted by Gasteiger charge is 2.12. The Morgan fingerprint density at radius 2 is 1.67 bits per heavy atom. The van der Waals surface area contributed by atoms with Gasteiger partial charge in [0.1, 0.15) is 0 Å². The van der Waals surface area contributed by atoms with Gasteiger partial charge < -0.3 is 10.2 Å². The molecule has 27 heavy (non-hydrogen) atoms. The molecule has 2 amide bonds. The van der Waals surface area contributed by atoms with Crippen molar-refractivity contribution in [2.45, 2.75) is 13.0 Å². The molecule has 0 radical (unpaired) electrons. The zero-order valence-electron chi connectivity index (χ0n) is 15.2. The summed E-state index contributed by atoms with van der Waals surface area (Å²) >= 11 is 0. The van der Waals surface area contributed by atoms with Crippen LogP contribution >= 0.6 is 0 Å². The molecule has 3 rings (SSSR count). The van der Waals surface area contributed by atoms with Crippen LogP contribution in [0.15, 0.2) is 73.1 Å². The molecule has 2 aromatic carbocycles. The lowest BCUT2D eigenvalue weighted by atomic mass is 10.1. The highest BCUT2D eigenvalue weighted by atomic mass is 16.2. The first-order chi connectivity index (χ1) is 13.1. The lowest BCUT2D eigenvalue weighted by molar-refractivity contribution is -0.132. The monoisotopic (exact) mass is 362 g/mol. The number of para-hydroxylation sites is 1. The van der Waals surface area contributed by atoms with E-state index in [0.717, 1.165) is 16.8 Å². The minimum Gasteiger partial charge on any atom is -0.347 e. The largest absolute Gasteiger partial charge is 0.347 e. The van der Waals surface area contributed by atoms with Crippen molar-refractivity contribution in [3.05, 3.63) is 84.2 Å². The number of carbonyl (C=O) groups is 2. The summed E-state index contributed by atoms with van der Waals surface area (Å²) in [5.41, 5.74) is 2.81. The fourth-order valence-electron chi connectivity index (χ4n) is 2.68. The number of hydrogen-bond donors (Lipinski definition) is 1. The van der Waals surface area contributed by atoms with E-state index in [1.807, 2.05) is 66.9 Å². The molecule has 0 bridgehead atoms. The van der Waals surface area contributed by atoms with Crippen molar-refractivity contribution in [1.82, 2.24) is 20.0 Å². The van der Waals surface area contributed by atoms with Crippen molar-refractivity contribution in [1.29, 1.82) is 0 Å². The molecular formula is C21H22N4O2. The van der Waals surface area contributed by atoms with Gasteiger partial charge >= 0.3 is 0 Å². The van der Waals surface area contributed by atoms with Crippen LogP contribution in [0.5, 0.6) is 0 Å². The first-order valence-electron chi connectivity index (χ1n) is 8.75. The fourth-order valence-corrected chi connectivity index (χ4v) is 2.68. The van der Waals surface area contributed by atoms with E-state index < -0.39 is 0 Å². The number of hydrogen-bond acceptors (Lipinski definition) is 3. The number of rotatable bonds is 7. The summed E-state index contributed by atoms with van der Waals surface area (Å²) < 4.78 is 1.77. The standard InChI is InChI=1S/C21H22N4O2/c1-24(15-18-13-23-25(16-18)19-10-6-3-7-11-19)21(27)14-22-20(26)12-17-8-4-2-5-9-17/h2-11,13,16H,12,14-15H2,1H3,(H,22,26). The van der Waals surface area contributed by atoms with Crippen molar-refractivity contribution >= 4 is 11.8 Å². The minimum absolute atomic E-state index is 0.0189. The molecule has 3 aromatic rings. The quantitative estimate of drug-likeness (QED) is 0.701. The van der Waals surface area contributed by atoms with Crippen molar-refractivity contribution in [2.24, 2.45) is 0 Å². The Bertz CT molecular complexity index is 891. The maximum atomic E-state index is 12.3. The Morgan fingerprint density at radius 3 is 2.37 bits per heavy atom. The van der Waals surface area contributed by atoms with Gasteiger partial charge in [-0.05, 0) is 17.7 Å². The molecule has 6 nitrogen and oxygen atoms in total. The molecule has 1 aromatic heterocycles. The van der Waals surface area contributed by atoms with Crippen LogP contribution in [0.25, 0.3) is 5.69 Å². The van der Waals surface area contributed by atoms with E-state index in [4.69, 9.17) is 0 Å². The molecule has 0 spiro atoms. The molecule has 0 aliphatic heterocycles. The summed E-state index contributed by atoms with van der Waals surface area (Å²) in [6.07, 6.45) is 3.90. The van der Waals surface area contributed by atoms with Crippen molar-refractivity contribution in [3.63, 3.8) is 0 Å².